The van der Waals surface area contributed by atoms with Crippen LogP contribution in [0.4, 0.5) is 0 Å². The van der Waals surface area contributed by atoms with Crippen molar-refractivity contribution in [1.82, 2.24) is 9.97 Å². The molecular formula is C7H9ClN2O. The molecule has 0 saturated heterocycles. The first-order valence-corrected chi connectivity index (χ1v) is 3.63. The van der Waals surface area contributed by atoms with Gasteiger partial charge in [0.1, 0.15) is 0 Å². The summed E-state index contributed by atoms with van der Waals surface area (Å²) < 4.78 is 0. The maximum absolute atomic E-state index is 8.82. The third-order valence-corrected chi connectivity index (χ3v) is 1.78. The molecule has 4 heteroatoms. The molecule has 0 amide bonds. The zero-order chi connectivity index (χ0) is 8.43. The van der Waals surface area contributed by atoms with Crippen LogP contribution in [0, 0.1) is 13.8 Å². The Labute approximate surface area is 70.1 Å². The van der Waals surface area contributed by atoms with Gasteiger partial charge >= 0.3 is 0 Å². The van der Waals surface area contributed by atoms with Crippen molar-refractivity contribution in [3.63, 3.8) is 0 Å². The number of hydrogen-bond acceptors (Lipinski definition) is 3. The van der Waals surface area contributed by atoms with E-state index in [0.717, 1.165) is 11.3 Å². The minimum Gasteiger partial charge on any atom is -0.390 e. The first kappa shape index (κ1) is 8.43. The summed E-state index contributed by atoms with van der Waals surface area (Å²) in [7, 11) is 0. The fourth-order valence-corrected chi connectivity index (χ4v) is 1.03. The standard InChI is InChI=1S/C7H9ClN2O/c1-4-5(2)9-7(8)10-6(4)3-11/h11H,3H2,1-2H3. The van der Waals surface area contributed by atoms with E-state index in [2.05, 4.69) is 9.97 Å². The molecule has 0 unspecified atom stereocenters. The molecule has 0 saturated carbocycles. The van der Waals surface area contributed by atoms with Crippen LogP contribution in [0.2, 0.25) is 5.28 Å². The predicted molar refractivity (Wildman–Crippen MR) is 42.4 cm³/mol. The number of nitrogens with zero attached hydrogens (tertiary/aromatic N) is 2. The lowest BCUT2D eigenvalue weighted by molar-refractivity contribution is 0.275. The number of rotatable bonds is 1. The summed E-state index contributed by atoms with van der Waals surface area (Å²) in [5.41, 5.74) is 2.31. The molecule has 3 nitrogen and oxygen atoms in total. The van der Waals surface area contributed by atoms with Gasteiger partial charge in [-0.2, -0.15) is 0 Å². The van der Waals surface area contributed by atoms with E-state index in [4.69, 9.17) is 16.7 Å². The number of halogens is 1. The van der Waals surface area contributed by atoms with Gasteiger partial charge < -0.3 is 5.11 Å². The summed E-state index contributed by atoms with van der Waals surface area (Å²) in [6.07, 6.45) is 0. The second-order valence-corrected chi connectivity index (χ2v) is 2.65. The highest BCUT2D eigenvalue weighted by Gasteiger charge is 2.04. The lowest BCUT2D eigenvalue weighted by Gasteiger charge is -2.03. The van der Waals surface area contributed by atoms with Crippen molar-refractivity contribution in [2.45, 2.75) is 20.5 Å². The van der Waals surface area contributed by atoms with E-state index in [1.807, 2.05) is 13.8 Å². The molecule has 1 rings (SSSR count). The zero-order valence-corrected chi connectivity index (χ0v) is 7.18. The van der Waals surface area contributed by atoms with Crippen LogP contribution in [0.15, 0.2) is 0 Å². The maximum atomic E-state index is 8.82. The number of aliphatic hydroxyl groups is 1. The normalized spacial score (nSPS) is 10.2. The van der Waals surface area contributed by atoms with E-state index >= 15 is 0 Å². The highest BCUT2D eigenvalue weighted by Crippen LogP contribution is 2.11. The van der Waals surface area contributed by atoms with Crippen LogP contribution in [0.3, 0.4) is 0 Å². The van der Waals surface area contributed by atoms with Gasteiger partial charge in [-0.05, 0) is 31.0 Å². The van der Waals surface area contributed by atoms with Crippen molar-refractivity contribution >= 4 is 11.6 Å². The highest BCUT2D eigenvalue weighted by molar-refractivity contribution is 6.28. The van der Waals surface area contributed by atoms with Crippen molar-refractivity contribution in [1.29, 1.82) is 0 Å². The molecule has 0 bridgehead atoms. The number of aryl methyl sites for hydroxylation is 1. The molecule has 0 fully saturated rings. The van der Waals surface area contributed by atoms with Gasteiger partial charge in [-0.1, -0.05) is 0 Å². The molecule has 1 N–H and O–H groups in total. The topological polar surface area (TPSA) is 46.0 Å². The molecule has 0 aromatic carbocycles. The molecule has 0 aliphatic rings. The second-order valence-electron chi connectivity index (χ2n) is 2.31. The van der Waals surface area contributed by atoms with Crippen LogP contribution in [0.1, 0.15) is 17.0 Å². The van der Waals surface area contributed by atoms with E-state index in [1.165, 1.54) is 0 Å². The van der Waals surface area contributed by atoms with Crippen molar-refractivity contribution in [2.75, 3.05) is 0 Å². The molecule has 1 aromatic heterocycles. The summed E-state index contributed by atoms with van der Waals surface area (Å²) in [6.45, 7) is 3.61. The lowest BCUT2D eigenvalue weighted by Crippen LogP contribution is -1.99. The Morgan fingerprint density at radius 1 is 1.36 bits per heavy atom. The van der Waals surface area contributed by atoms with Gasteiger partial charge in [-0.15, -0.1) is 0 Å². The number of aromatic nitrogens is 2. The van der Waals surface area contributed by atoms with Crippen LogP contribution in [0.5, 0.6) is 0 Å². The van der Waals surface area contributed by atoms with Crippen LogP contribution in [-0.2, 0) is 6.61 Å². The van der Waals surface area contributed by atoms with E-state index in [1.54, 1.807) is 0 Å². The van der Waals surface area contributed by atoms with Gasteiger partial charge in [0.05, 0.1) is 12.3 Å². The van der Waals surface area contributed by atoms with E-state index in [0.29, 0.717) is 5.69 Å². The van der Waals surface area contributed by atoms with E-state index in [-0.39, 0.29) is 11.9 Å². The minimum atomic E-state index is -0.0884. The fourth-order valence-electron chi connectivity index (χ4n) is 0.805. The molecule has 11 heavy (non-hydrogen) atoms. The fraction of sp³-hybridized carbons (Fsp3) is 0.429. The summed E-state index contributed by atoms with van der Waals surface area (Å²) in [5, 5.41) is 9.01. The smallest absolute Gasteiger partial charge is 0.222 e. The van der Waals surface area contributed by atoms with Gasteiger partial charge in [-0.3, -0.25) is 0 Å². The Morgan fingerprint density at radius 3 is 2.55 bits per heavy atom. The molecule has 1 heterocycles. The molecule has 1 aromatic rings. The monoisotopic (exact) mass is 172 g/mol. The van der Waals surface area contributed by atoms with Crippen LogP contribution < -0.4 is 0 Å². The quantitative estimate of drug-likeness (QED) is 0.649. The average molecular weight is 173 g/mol. The molecule has 0 radical (unpaired) electrons. The van der Waals surface area contributed by atoms with Crippen molar-refractivity contribution in [3.8, 4) is 0 Å². The highest BCUT2D eigenvalue weighted by atomic mass is 35.5. The maximum Gasteiger partial charge on any atom is 0.222 e. The van der Waals surface area contributed by atoms with Crippen LogP contribution in [-0.4, -0.2) is 15.1 Å². The van der Waals surface area contributed by atoms with Gasteiger partial charge in [0.25, 0.3) is 0 Å². The summed E-state index contributed by atoms with van der Waals surface area (Å²) in [4.78, 5) is 7.78. The van der Waals surface area contributed by atoms with Crippen LogP contribution in [0.25, 0.3) is 0 Å². The Morgan fingerprint density at radius 2 is 2.00 bits per heavy atom. The second kappa shape index (κ2) is 3.15. The van der Waals surface area contributed by atoms with E-state index in [9.17, 15) is 0 Å². The molecule has 0 atom stereocenters. The summed E-state index contributed by atoms with van der Waals surface area (Å²) >= 11 is 5.57. The third kappa shape index (κ3) is 1.67. The van der Waals surface area contributed by atoms with E-state index < -0.39 is 0 Å². The summed E-state index contributed by atoms with van der Waals surface area (Å²) in [6, 6.07) is 0. The number of hydrogen-bond donors (Lipinski definition) is 1. The lowest BCUT2D eigenvalue weighted by atomic mass is 10.2. The zero-order valence-electron chi connectivity index (χ0n) is 6.43. The van der Waals surface area contributed by atoms with Crippen molar-refractivity contribution in [2.24, 2.45) is 0 Å². The average Bonchev–Trinajstić information content (AvgIpc) is 1.96. The molecule has 0 aliphatic carbocycles. The van der Waals surface area contributed by atoms with Gasteiger partial charge in [0, 0.05) is 5.69 Å². The first-order valence-electron chi connectivity index (χ1n) is 3.25. The first-order chi connectivity index (χ1) is 5.15. The van der Waals surface area contributed by atoms with Crippen LogP contribution >= 0.6 is 11.6 Å². The molecule has 0 aliphatic heterocycles. The Balaban J connectivity index is 3.24. The Hall–Kier alpha value is -0.670. The minimum absolute atomic E-state index is 0.0884. The van der Waals surface area contributed by atoms with Crippen molar-refractivity contribution in [3.05, 3.63) is 22.2 Å². The van der Waals surface area contributed by atoms with Crippen molar-refractivity contribution < 1.29 is 5.11 Å². The SMILES string of the molecule is Cc1nc(Cl)nc(CO)c1C. The van der Waals surface area contributed by atoms with Gasteiger partial charge in [0.2, 0.25) is 5.28 Å². The summed E-state index contributed by atoms with van der Waals surface area (Å²) in [5.74, 6) is 0. The largest absolute Gasteiger partial charge is 0.390 e. The molecule has 60 valence electrons. The number of aliphatic hydroxyl groups excluding tert-OH is 1. The third-order valence-electron chi connectivity index (χ3n) is 1.61. The Bertz CT molecular complexity index is 275. The molecular weight excluding hydrogens is 164 g/mol. The molecule has 0 spiro atoms. The van der Waals surface area contributed by atoms with Gasteiger partial charge in [-0.25, -0.2) is 9.97 Å². The van der Waals surface area contributed by atoms with Gasteiger partial charge in [0.15, 0.2) is 0 Å². The Kier molecular flexibility index (Phi) is 2.42. The predicted octanol–water partition coefficient (Wildman–Crippen LogP) is 1.24.